The number of nitrogen functional groups attached to an aromatic ring is 1. The van der Waals surface area contributed by atoms with Gasteiger partial charge in [-0.05, 0) is 12.1 Å². The van der Waals surface area contributed by atoms with Crippen molar-refractivity contribution in [2.45, 2.75) is 6.61 Å². The number of carbonyl (C=O) groups is 3. The van der Waals surface area contributed by atoms with Crippen LogP contribution in [0.1, 0.15) is 36.0 Å². The van der Waals surface area contributed by atoms with Crippen LogP contribution in [0, 0.1) is 0 Å². The van der Waals surface area contributed by atoms with E-state index in [-0.39, 0.29) is 33.2 Å². The Balaban J connectivity index is 2.32. The molecule has 0 aliphatic carbocycles. The minimum atomic E-state index is -0.728. The standard InChI is InChI=1S/C15H14N2O6S/c1-21-14(19)10-9(11(15(20)22-2)24-12(10)16)7-23-13(18)8-3-5-17-6-4-8/h3-6H,7,16H2,1-2H3. The fourth-order valence-electron chi connectivity index (χ4n) is 1.92. The van der Waals surface area contributed by atoms with Crippen molar-refractivity contribution in [3.63, 3.8) is 0 Å². The smallest absolute Gasteiger partial charge is 0.348 e. The van der Waals surface area contributed by atoms with Crippen molar-refractivity contribution in [2.24, 2.45) is 0 Å². The molecule has 0 saturated carbocycles. The summed E-state index contributed by atoms with van der Waals surface area (Å²) in [6.45, 7) is -0.330. The first-order chi connectivity index (χ1) is 11.5. The predicted molar refractivity (Wildman–Crippen MR) is 84.8 cm³/mol. The molecule has 9 heteroatoms. The van der Waals surface area contributed by atoms with Gasteiger partial charge in [-0.3, -0.25) is 4.98 Å². The average molecular weight is 350 g/mol. The first-order valence-electron chi connectivity index (χ1n) is 6.64. The van der Waals surface area contributed by atoms with Gasteiger partial charge in [0.2, 0.25) is 0 Å². The molecule has 0 unspecified atom stereocenters. The van der Waals surface area contributed by atoms with Crippen molar-refractivity contribution < 1.29 is 28.6 Å². The molecule has 0 saturated heterocycles. The third-order valence-electron chi connectivity index (χ3n) is 3.06. The summed E-state index contributed by atoms with van der Waals surface area (Å²) in [5.41, 5.74) is 6.22. The first kappa shape index (κ1) is 17.4. The highest BCUT2D eigenvalue weighted by molar-refractivity contribution is 7.18. The molecule has 2 aromatic heterocycles. The maximum atomic E-state index is 12.0. The highest BCUT2D eigenvalue weighted by atomic mass is 32.1. The van der Waals surface area contributed by atoms with E-state index in [4.69, 9.17) is 10.5 Å². The zero-order valence-electron chi connectivity index (χ0n) is 12.9. The minimum Gasteiger partial charge on any atom is -0.465 e. The van der Waals surface area contributed by atoms with E-state index in [0.29, 0.717) is 0 Å². The van der Waals surface area contributed by atoms with Crippen LogP contribution < -0.4 is 5.73 Å². The fraction of sp³-hybridized carbons (Fsp3) is 0.200. The quantitative estimate of drug-likeness (QED) is 0.639. The van der Waals surface area contributed by atoms with E-state index in [2.05, 4.69) is 14.5 Å². The number of rotatable bonds is 5. The van der Waals surface area contributed by atoms with Crippen LogP contribution in [0.5, 0.6) is 0 Å². The van der Waals surface area contributed by atoms with Crippen molar-refractivity contribution in [3.8, 4) is 0 Å². The van der Waals surface area contributed by atoms with Crippen molar-refractivity contribution in [2.75, 3.05) is 20.0 Å². The molecule has 126 valence electrons. The van der Waals surface area contributed by atoms with E-state index < -0.39 is 17.9 Å². The molecule has 2 rings (SSSR count). The molecule has 0 aliphatic heterocycles. The summed E-state index contributed by atoms with van der Waals surface area (Å²) in [4.78, 5) is 39.7. The van der Waals surface area contributed by atoms with Crippen LogP contribution in [0.4, 0.5) is 5.00 Å². The Morgan fingerprint density at radius 1 is 1.08 bits per heavy atom. The maximum absolute atomic E-state index is 12.0. The summed E-state index contributed by atoms with van der Waals surface area (Å²) in [6, 6.07) is 2.96. The molecule has 2 N–H and O–H groups in total. The van der Waals surface area contributed by atoms with E-state index in [1.165, 1.54) is 38.7 Å². The Hall–Kier alpha value is -2.94. The van der Waals surface area contributed by atoms with Gasteiger partial charge in [-0.2, -0.15) is 0 Å². The molecule has 2 aromatic rings. The van der Waals surface area contributed by atoms with Gasteiger partial charge < -0.3 is 19.9 Å². The molecule has 0 aromatic carbocycles. The highest BCUT2D eigenvalue weighted by Crippen LogP contribution is 2.33. The Morgan fingerprint density at radius 2 is 1.71 bits per heavy atom. The topological polar surface area (TPSA) is 118 Å². The summed E-state index contributed by atoms with van der Waals surface area (Å²) >= 11 is 0.866. The third kappa shape index (κ3) is 3.51. The zero-order chi connectivity index (χ0) is 17.7. The number of pyridine rings is 1. The van der Waals surface area contributed by atoms with Crippen LogP contribution >= 0.6 is 11.3 Å². The number of esters is 3. The molecular weight excluding hydrogens is 336 g/mol. The van der Waals surface area contributed by atoms with Crippen LogP contribution in [0.25, 0.3) is 0 Å². The number of thiophene rings is 1. The molecular formula is C15H14N2O6S. The minimum absolute atomic E-state index is 0.00886. The molecule has 0 bridgehead atoms. The Bertz CT molecular complexity index is 772. The van der Waals surface area contributed by atoms with Crippen molar-refractivity contribution >= 4 is 34.2 Å². The number of aromatic nitrogens is 1. The Morgan fingerprint density at radius 3 is 2.29 bits per heavy atom. The van der Waals surface area contributed by atoms with Gasteiger partial charge in [-0.15, -0.1) is 11.3 Å². The SMILES string of the molecule is COC(=O)c1sc(N)c(C(=O)OC)c1COC(=O)c1ccncc1. The number of methoxy groups -OCH3 is 2. The van der Waals surface area contributed by atoms with Crippen LogP contribution in [0.2, 0.25) is 0 Å². The molecule has 0 fully saturated rings. The van der Waals surface area contributed by atoms with Gasteiger partial charge >= 0.3 is 17.9 Å². The molecule has 2 heterocycles. The van der Waals surface area contributed by atoms with Gasteiger partial charge in [0, 0.05) is 18.0 Å². The van der Waals surface area contributed by atoms with Crippen LogP contribution in [0.15, 0.2) is 24.5 Å². The van der Waals surface area contributed by atoms with E-state index >= 15 is 0 Å². The van der Waals surface area contributed by atoms with Gasteiger partial charge in [0.1, 0.15) is 22.0 Å². The van der Waals surface area contributed by atoms with Gasteiger partial charge in [0.25, 0.3) is 0 Å². The second-order valence-electron chi connectivity index (χ2n) is 4.44. The van der Waals surface area contributed by atoms with Crippen molar-refractivity contribution in [1.29, 1.82) is 0 Å². The number of carbonyl (C=O) groups excluding carboxylic acids is 3. The van der Waals surface area contributed by atoms with Crippen LogP contribution in [0.3, 0.4) is 0 Å². The molecule has 0 radical (unpaired) electrons. The number of hydrogen-bond donors (Lipinski definition) is 1. The second kappa shape index (κ2) is 7.55. The maximum Gasteiger partial charge on any atom is 0.348 e. The summed E-state index contributed by atoms with van der Waals surface area (Å²) in [5, 5.41) is 0.0808. The predicted octanol–water partition coefficient (Wildman–Crippen LogP) is 1.66. The molecule has 8 nitrogen and oxygen atoms in total. The average Bonchev–Trinajstić information content (AvgIpc) is 2.95. The number of nitrogens with zero attached hydrogens (tertiary/aromatic N) is 1. The molecule has 0 spiro atoms. The largest absolute Gasteiger partial charge is 0.465 e. The van der Waals surface area contributed by atoms with Gasteiger partial charge in [0.05, 0.1) is 19.8 Å². The fourth-order valence-corrected chi connectivity index (χ4v) is 2.89. The van der Waals surface area contributed by atoms with Crippen LogP contribution in [-0.2, 0) is 20.8 Å². The Labute approximate surface area is 141 Å². The number of ether oxygens (including phenoxy) is 3. The normalized spacial score (nSPS) is 10.1. The lowest BCUT2D eigenvalue weighted by Gasteiger charge is -2.08. The molecule has 0 amide bonds. The van der Waals surface area contributed by atoms with Crippen LogP contribution in [-0.4, -0.2) is 37.1 Å². The summed E-state index contributed by atoms with van der Waals surface area (Å²) in [5.74, 6) is -2.04. The van der Waals surface area contributed by atoms with Gasteiger partial charge in [-0.25, -0.2) is 14.4 Å². The lowest BCUT2D eigenvalue weighted by atomic mass is 10.1. The number of nitrogens with two attached hydrogens (primary N) is 1. The van der Waals surface area contributed by atoms with Gasteiger partial charge in [0.15, 0.2) is 0 Å². The third-order valence-corrected chi connectivity index (χ3v) is 4.10. The summed E-state index contributed by atoms with van der Waals surface area (Å²) in [6.07, 6.45) is 2.89. The lowest BCUT2D eigenvalue weighted by molar-refractivity contribution is 0.0452. The van der Waals surface area contributed by atoms with Crippen molar-refractivity contribution in [1.82, 2.24) is 4.98 Å². The zero-order valence-corrected chi connectivity index (χ0v) is 13.7. The summed E-state index contributed by atoms with van der Waals surface area (Å²) < 4.78 is 14.5. The first-order valence-corrected chi connectivity index (χ1v) is 7.46. The van der Waals surface area contributed by atoms with Crippen molar-refractivity contribution in [3.05, 3.63) is 46.1 Å². The molecule has 24 heavy (non-hydrogen) atoms. The van der Waals surface area contributed by atoms with E-state index in [1.54, 1.807) is 0 Å². The molecule has 0 aliphatic rings. The Kier molecular flexibility index (Phi) is 5.48. The van der Waals surface area contributed by atoms with Gasteiger partial charge in [-0.1, -0.05) is 0 Å². The van der Waals surface area contributed by atoms with E-state index in [1.807, 2.05) is 0 Å². The molecule has 0 atom stereocenters. The second-order valence-corrected chi connectivity index (χ2v) is 5.50. The van der Waals surface area contributed by atoms with E-state index in [9.17, 15) is 14.4 Å². The lowest BCUT2D eigenvalue weighted by Crippen LogP contribution is -2.12. The monoisotopic (exact) mass is 350 g/mol. The number of anilines is 1. The van der Waals surface area contributed by atoms with E-state index in [0.717, 1.165) is 11.3 Å². The summed E-state index contributed by atoms with van der Waals surface area (Å²) in [7, 11) is 2.38. The number of hydrogen-bond acceptors (Lipinski definition) is 9. The highest BCUT2D eigenvalue weighted by Gasteiger charge is 2.28.